The van der Waals surface area contributed by atoms with Crippen LogP contribution < -0.4 is 11.2 Å². The van der Waals surface area contributed by atoms with Crippen molar-refractivity contribution in [2.45, 2.75) is 6.54 Å². The molecular weight excluding hydrogens is 473 g/mol. The summed E-state index contributed by atoms with van der Waals surface area (Å²) >= 11 is 2.11. The number of carbonyl (C=O) groups excluding carboxylic acids is 1. The fraction of sp³-hybridized carbons (Fsp3) is 0.150. The van der Waals surface area contributed by atoms with E-state index in [1.165, 1.54) is 11.7 Å². The van der Waals surface area contributed by atoms with Crippen LogP contribution in [0.3, 0.4) is 0 Å². The minimum Gasteiger partial charge on any atom is -0.468 e. The number of aromatic nitrogens is 3. The number of carbonyl (C=O) groups is 1. The van der Waals surface area contributed by atoms with Gasteiger partial charge in [0.1, 0.15) is 6.54 Å². The molecular formula is C20H16IN3O4. The first-order chi connectivity index (χ1) is 13.4. The number of ether oxygens (including phenoxy) is 1. The Morgan fingerprint density at radius 2 is 1.82 bits per heavy atom. The van der Waals surface area contributed by atoms with E-state index in [2.05, 4.69) is 27.3 Å². The number of rotatable bonds is 3. The first-order valence-corrected chi connectivity index (χ1v) is 9.56. The van der Waals surface area contributed by atoms with Crippen LogP contribution in [0.2, 0.25) is 0 Å². The number of methoxy groups -OCH3 is 1. The minimum absolute atomic E-state index is 0.364. The van der Waals surface area contributed by atoms with Crippen molar-refractivity contribution in [2.75, 3.05) is 7.11 Å². The normalized spacial score (nSPS) is 11.2. The van der Waals surface area contributed by atoms with Gasteiger partial charge in [-0.15, -0.1) is 0 Å². The summed E-state index contributed by atoms with van der Waals surface area (Å²) in [4.78, 5) is 38.1. The predicted octanol–water partition coefficient (Wildman–Crippen LogP) is 2.42. The molecule has 2 aromatic carbocycles. The molecule has 0 radical (unpaired) electrons. The van der Waals surface area contributed by atoms with Crippen LogP contribution >= 0.6 is 22.6 Å². The number of nitrogens with zero attached hydrogens (tertiary/aromatic N) is 3. The topological polar surface area (TPSA) is 75.2 Å². The van der Waals surface area contributed by atoms with Crippen molar-refractivity contribution in [3.8, 4) is 5.69 Å². The van der Waals surface area contributed by atoms with E-state index in [0.29, 0.717) is 16.6 Å². The van der Waals surface area contributed by atoms with E-state index in [9.17, 15) is 14.4 Å². The van der Waals surface area contributed by atoms with Gasteiger partial charge in [-0.05, 0) is 46.9 Å². The van der Waals surface area contributed by atoms with E-state index in [4.69, 9.17) is 0 Å². The van der Waals surface area contributed by atoms with Crippen molar-refractivity contribution < 1.29 is 9.53 Å². The molecule has 0 N–H and O–H groups in total. The minimum atomic E-state index is -0.659. The Kier molecular flexibility index (Phi) is 4.58. The Morgan fingerprint density at radius 1 is 1.07 bits per heavy atom. The molecule has 142 valence electrons. The first kappa shape index (κ1) is 18.5. The predicted molar refractivity (Wildman–Crippen MR) is 115 cm³/mol. The number of halogens is 1. The lowest BCUT2D eigenvalue weighted by Crippen LogP contribution is -2.41. The van der Waals surface area contributed by atoms with Crippen LogP contribution in [0.25, 0.3) is 27.5 Å². The van der Waals surface area contributed by atoms with Crippen molar-refractivity contribution in [3.63, 3.8) is 0 Å². The van der Waals surface area contributed by atoms with Crippen molar-refractivity contribution >= 4 is 50.4 Å². The zero-order chi connectivity index (χ0) is 20.0. The molecule has 0 aliphatic heterocycles. The second-order valence-electron chi connectivity index (χ2n) is 6.39. The van der Waals surface area contributed by atoms with Gasteiger partial charge in [-0.1, -0.05) is 18.2 Å². The average Bonchev–Trinajstić information content (AvgIpc) is 3.02. The summed E-state index contributed by atoms with van der Waals surface area (Å²) in [6.07, 6.45) is 1.84. The summed E-state index contributed by atoms with van der Waals surface area (Å²) in [5.74, 6) is -0.659. The third-order valence-electron chi connectivity index (χ3n) is 4.73. The van der Waals surface area contributed by atoms with Gasteiger partial charge in [-0.2, -0.15) is 0 Å². The third-order valence-corrected chi connectivity index (χ3v) is 5.40. The zero-order valence-electron chi connectivity index (χ0n) is 15.2. The fourth-order valence-electron chi connectivity index (χ4n) is 3.39. The highest BCUT2D eigenvalue weighted by atomic mass is 127. The Morgan fingerprint density at radius 3 is 2.57 bits per heavy atom. The van der Waals surface area contributed by atoms with Gasteiger partial charge in [0.25, 0.3) is 5.56 Å². The van der Waals surface area contributed by atoms with Gasteiger partial charge in [0.15, 0.2) is 0 Å². The standard InChI is InChI=1S/C20H16IN3O4/c1-22-10-17(13-5-3-4-6-15(13)22)24-16-8-7-12(21)9-14(16)19(26)23(20(24)27)11-18(25)28-2/h3-10H,11H2,1-2H3. The lowest BCUT2D eigenvalue weighted by atomic mass is 10.2. The quantitative estimate of drug-likeness (QED) is 0.328. The maximum atomic E-state index is 13.3. The van der Waals surface area contributed by atoms with Crippen molar-refractivity contribution in [1.29, 1.82) is 0 Å². The zero-order valence-corrected chi connectivity index (χ0v) is 17.3. The molecule has 4 rings (SSSR count). The highest BCUT2D eigenvalue weighted by molar-refractivity contribution is 14.1. The SMILES string of the molecule is COC(=O)Cn1c(=O)c2cc(I)ccc2n(-c2cn(C)c3ccccc23)c1=O. The largest absolute Gasteiger partial charge is 0.468 e. The van der Waals surface area contributed by atoms with E-state index in [1.807, 2.05) is 48.1 Å². The summed E-state index contributed by atoms with van der Waals surface area (Å²) in [5, 5.41) is 1.23. The highest BCUT2D eigenvalue weighted by Crippen LogP contribution is 2.25. The molecule has 2 heterocycles. The van der Waals surface area contributed by atoms with Crippen LogP contribution in [-0.2, 0) is 23.1 Å². The van der Waals surface area contributed by atoms with Gasteiger partial charge in [-0.25, -0.2) is 9.36 Å². The molecule has 0 aliphatic carbocycles. The maximum absolute atomic E-state index is 13.3. The van der Waals surface area contributed by atoms with E-state index in [-0.39, 0.29) is 0 Å². The third kappa shape index (κ3) is 2.84. The molecule has 0 amide bonds. The van der Waals surface area contributed by atoms with E-state index < -0.39 is 23.8 Å². The molecule has 4 aromatic rings. The molecule has 2 aromatic heterocycles. The molecule has 0 atom stereocenters. The molecule has 0 saturated heterocycles. The number of para-hydroxylation sites is 1. The molecule has 0 aliphatic rings. The fourth-order valence-corrected chi connectivity index (χ4v) is 3.89. The second kappa shape index (κ2) is 6.93. The number of fused-ring (bicyclic) bond motifs is 2. The molecule has 28 heavy (non-hydrogen) atoms. The molecule has 0 saturated carbocycles. The lowest BCUT2D eigenvalue weighted by Gasteiger charge is -2.13. The van der Waals surface area contributed by atoms with Crippen LogP contribution in [0.5, 0.6) is 0 Å². The van der Waals surface area contributed by atoms with Crippen LogP contribution in [0.4, 0.5) is 0 Å². The van der Waals surface area contributed by atoms with Crippen molar-refractivity contribution in [1.82, 2.24) is 13.7 Å². The Bertz CT molecular complexity index is 1360. The Labute approximate surface area is 172 Å². The van der Waals surface area contributed by atoms with Crippen LogP contribution in [-0.4, -0.2) is 26.8 Å². The Balaban J connectivity index is 2.17. The number of aryl methyl sites for hydroxylation is 1. The summed E-state index contributed by atoms with van der Waals surface area (Å²) < 4.78 is 9.85. The van der Waals surface area contributed by atoms with Crippen molar-refractivity contribution in [2.24, 2.45) is 7.05 Å². The summed E-state index contributed by atoms with van der Waals surface area (Å²) in [6, 6.07) is 13.0. The van der Waals surface area contributed by atoms with Gasteiger partial charge in [0.05, 0.1) is 23.7 Å². The van der Waals surface area contributed by atoms with Gasteiger partial charge < -0.3 is 9.30 Å². The monoisotopic (exact) mass is 489 g/mol. The number of esters is 1. The Hall–Kier alpha value is -2.88. The van der Waals surface area contributed by atoms with Gasteiger partial charge in [-0.3, -0.25) is 14.2 Å². The molecule has 0 unspecified atom stereocenters. The van der Waals surface area contributed by atoms with Gasteiger partial charge in [0, 0.05) is 27.7 Å². The summed E-state index contributed by atoms with van der Waals surface area (Å²) in [6.45, 7) is -0.444. The molecule has 0 spiro atoms. The van der Waals surface area contributed by atoms with Crippen LogP contribution in [0, 0.1) is 3.57 Å². The summed E-state index contributed by atoms with van der Waals surface area (Å²) in [5.41, 5.74) is 0.996. The van der Waals surface area contributed by atoms with E-state index in [1.54, 1.807) is 12.1 Å². The highest BCUT2D eigenvalue weighted by Gasteiger charge is 2.19. The molecule has 7 nitrogen and oxygen atoms in total. The van der Waals surface area contributed by atoms with Crippen LogP contribution in [0.1, 0.15) is 0 Å². The van der Waals surface area contributed by atoms with E-state index >= 15 is 0 Å². The summed E-state index contributed by atoms with van der Waals surface area (Å²) in [7, 11) is 3.12. The second-order valence-corrected chi connectivity index (χ2v) is 7.63. The smallest absolute Gasteiger partial charge is 0.336 e. The maximum Gasteiger partial charge on any atom is 0.336 e. The van der Waals surface area contributed by atoms with E-state index in [0.717, 1.165) is 19.0 Å². The number of hydrogen-bond donors (Lipinski definition) is 0. The number of benzene rings is 2. The van der Waals surface area contributed by atoms with Crippen molar-refractivity contribution in [3.05, 3.63) is 73.1 Å². The average molecular weight is 489 g/mol. The number of hydrogen-bond acceptors (Lipinski definition) is 4. The molecule has 8 heteroatoms. The molecule has 0 bridgehead atoms. The molecule has 0 fully saturated rings. The first-order valence-electron chi connectivity index (χ1n) is 8.48. The van der Waals surface area contributed by atoms with Gasteiger partial charge in [0.2, 0.25) is 0 Å². The van der Waals surface area contributed by atoms with Crippen LogP contribution in [0.15, 0.2) is 58.3 Å². The lowest BCUT2D eigenvalue weighted by molar-refractivity contribution is -0.141. The van der Waals surface area contributed by atoms with Gasteiger partial charge >= 0.3 is 11.7 Å².